The van der Waals surface area contributed by atoms with Crippen LogP contribution in [-0.4, -0.2) is 147 Å². The van der Waals surface area contributed by atoms with Gasteiger partial charge in [-0.25, -0.2) is 29.5 Å². The van der Waals surface area contributed by atoms with Gasteiger partial charge >= 0.3 is 12.2 Å². The van der Waals surface area contributed by atoms with Crippen LogP contribution in [0.15, 0.2) is 68.1 Å². The zero-order valence-electron chi connectivity index (χ0n) is 49.5. The van der Waals surface area contributed by atoms with Gasteiger partial charge in [0.15, 0.2) is 21.6 Å². The van der Waals surface area contributed by atoms with Crippen LogP contribution in [0.25, 0.3) is 33.4 Å². The van der Waals surface area contributed by atoms with E-state index in [0.29, 0.717) is 99.2 Å². The van der Waals surface area contributed by atoms with E-state index in [1.807, 2.05) is 66.2 Å². The molecule has 2 aromatic carbocycles. The van der Waals surface area contributed by atoms with Crippen molar-refractivity contribution in [3.05, 3.63) is 80.5 Å². The number of carbonyl (C=O) groups is 2. The molecule has 6 heterocycles. The Kier molecular flexibility index (Phi) is 21.6. The van der Waals surface area contributed by atoms with E-state index in [-0.39, 0.29) is 0 Å². The van der Waals surface area contributed by atoms with E-state index in [1.54, 1.807) is 21.4 Å². The lowest BCUT2D eigenvalue weighted by molar-refractivity contribution is 0.0528. The number of hydrogen-bond donors (Lipinski definition) is 4. The third-order valence-corrected chi connectivity index (χ3v) is 18.4. The lowest BCUT2D eigenvalue weighted by Gasteiger charge is -2.33. The first-order chi connectivity index (χ1) is 38.6. The van der Waals surface area contributed by atoms with Crippen molar-refractivity contribution in [2.45, 2.75) is 154 Å². The Morgan fingerprint density at radius 3 is 1.66 bits per heavy atom. The molecule has 0 saturated carbocycles. The first kappa shape index (κ1) is 64.2. The summed E-state index contributed by atoms with van der Waals surface area (Å²) in [5.74, 6) is 2.77. The molecule has 0 unspecified atom stereocenters. The molecule has 8 aromatic rings. The summed E-state index contributed by atoms with van der Waals surface area (Å²) in [6, 6.07) is 14.5. The molecule has 0 fully saturated rings. The van der Waals surface area contributed by atoms with Crippen LogP contribution in [0.1, 0.15) is 64.3 Å². The molecule has 22 nitrogen and oxygen atoms in total. The Balaban J connectivity index is 0.000000236. The van der Waals surface area contributed by atoms with E-state index < -0.39 is 39.5 Å². The summed E-state index contributed by atoms with van der Waals surface area (Å²) in [6.45, 7) is 29.2. The molecule has 82 heavy (non-hydrogen) atoms. The molecule has 0 spiro atoms. The lowest BCUT2D eigenvalue weighted by atomic mass is 10.0. The number of thioether (sulfide) groups is 2. The van der Waals surface area contributed by atoms with Crippen molar-refractivity contribution in [1.82, 2.24) is 68.5 Å². The molecule has 0 radical (unpaired) electrons. The van der Waals surface area contributed by atoms with Crippen LogP contribution in [0.5, 0.6) is 0 Å². The highest BCUT2D eigenvalue weighted by atomic mass is 79.9. The SMILES string of the molecule is CSc1nc(NCc2nc3cc(CCNC(=O)OC(C)(C)C)ccc3n2COCC[Si](C)(C)C)n2ncc(Br)c2n1.CSc1nc(NCc2nc3ccc(CCN(C(=O)O)C(C)(C)C)cc3n2COCC[Si](C)(C)C)n2ncc(Br)c2n1. The first-order valence-corrected chi connectivity index (χ1v) is 38.5. The minimum absolute atomic E-state index is 0.368. The monoisotopic (exact) mass is 1320 g/mol. The van der Waals surface area contributed by atoms with Crippen molar-refractivity contribution < 1.29 is 28.9 Å². The third kappa shape index (κ3) is 17.8. The predicted molar refractivity (Wildman–Crippen MR) is 339 cm³/mol. The molecule has 4 N–H and O–H groups in total. The number of benzene rings is 2. The summed E-state index contributed by atoms with van der Waals surface area (Å²) in [7, 11) is -2.45. The molecule has 0 aliphatic heterocycles. The fourth-order valence-electron chi connectivity index (χ4n) is 8.35. The summed E-state index contributed by atoms with van der Waals surface area (Å²) in [4.78, 5) is 53.6. The van der Waals surface area contributed by atoms with E-state index in [4.69, 9.17) is 24.2 Å². The van der Waals surface area contributed by atoms with Crippen LogP contribution >= 0.6 is 55.4 Å². The fraction of sp³-hybridized carbons (Fsp3) is 0.519. The summed E-state index contributed by atoms with van der Waals surface area (Å²) < 4.78 is 26.8. The number of ether oxygens (including phenoxy) is 3. The standard InChI is InChI=1S/2C27H39BrN8O3SSi/c1-27(2,3)39-26(37)29-11-10-18-8-9-21-20(14-18)32-22(35(21)17-38-12-13-41(5,6)7)16-30-24-34-25(40-4)33-23-19(28)15-31-36(23)24;1-27(2,3)35(26(37)38)11-10-18-8-9-20-21(14-18)34(17-39-12-13-41(5,6)7)22(31-20)16-29-24-33-25(40-4)32-23-19(28)15-30-36(23)24/h8-9,14-15H,10-13,16-17H2,1-7H3,(H,29,37)(H,30,33,34);8-9,14-15H,10-13,16-17H2,1-7H3,(H,37,38)(H,29,32,33). The summed E-state index contributed by atoms with van der Waals surface area (Å²) in [6.07, 6.45) is 7.21. The smallest absolute Gasteiger partial charge is 0.407 e. The largest absolute Gasteiger partial charge is 0.465 e. The number of nitrogens with one attached hydrogen (secondary N) is 3. The van der Waals surface area contributed by atoms with Gasteiger partial charge in [0.2, 0.25) is 11.9 Å². The second-order valence-electron chi connectivity index (χ2n) is 24.0. The molecule has 0 aliphatic rings. The first-order valence-electron chi connectivity index (χ1n) is 27.1. The zero-order chi connectivity index (χ0) is 59.7. The predicted octanol–water partition coefficient (Wildman–Crippen LogP) is 12.2. The average Bonchev–Trinajstić information content (AvgIpc) is 3.96. The molecule has 0 bridgehead atoms. The van der Waals surface area contributed by atoms with Crippen molar-refractivity contribution in [3.63, 3.8) is 0 Å². The molecule has 28 heteroatoms. The maximum absolute atomic E-state index is 12.0. The van der Waals surface area contributed by atoms with Crippen molar-refractivity contribution in [2.75, 3.05) is 49.4 Å². The Labute approximate surface area is 506 Å². The number of nitrogens with zero attached hydrogens (tertiary/aromatic N) is 13. The van der Waals surface area contributed by atoms with Gasteiger partial charge in [0.25, 0.3) is 0 Å². The molecule has 6 aromatic heterocycles. The summed E-state index contributed by atoms with van der Waals surface area (Å²) in [5, 5.41) is 29.5. The van der Waals surface area contributed by atoms with Crippen LogP contribution in [0, 0.1) is 0 Å². The van der Waals surface area contributed by atoms with Gasteiger partial charge in [-0.1, -0.05) is 74.9 Å². The fourth-order valence-corrected chi connectivity index (χ4v) is 11.3. The van der Waals surface area contributed by atoms with Crippen molar-refractivity contribution in [3.8, 4) is 0 Å². The van der Waals surface area contributed by atoms with Gasteiger partial charge in [-0.2, -0.15) is 29.2 Å². The number of carboxylic acid groups (broad SMARTS) is 1. The number of fused-ring (bicyclic) bond motifs is 4. The topological polar surface area (TPSA) is 243 Å². The van der Waals surface area contributed by atoms with Crippen LogP contribution < -0.4 is 16.0 Å². The summed E-state index contributed by atoms with van der Waals surface area (Å²) >= 11 is 9.97. The van der Waals surface area contributed by atoms with E-state index in [1.165, 1.54) is 28.4 Å². The van der Waals surface area contributed by atoms with Gasteiger partial charge in [0.05, 0.1) is 56.5 Å². The molecule has 2 amide bonds. The van der Waals surface area contributed by atoms with Gasteiger partial charge in [0.1, 0.15) is 30.7 Å². The number of anilines is 2. The average molecular weight is 1330 g/mol. The Morgan fingerprint density at radius 1 is 0.671 bits per heavy atom. The Hall–Kier alpha value is -5.37. The highest BCUT2D eigenvalue weighted by Crippen LogP contribution is 2.27. The molecular weight excluding hydrogens is 1250 g/mol. The summed E-state index contributed by atoms with van der Waals surface area (Å²) in [5.41, 5.74) is 6.13. The van der Waals surface area contributed by atoms with Crippen molar-refractivity contribution in [1.29, 1.82) is 0 Å². The number of amides is 2. The lowest BCUT2D eigenvalue weighted by Crippen LogP contribution is -2.45. The van der Waals surface area contributed by atoms with Crippen molar-refractivity contribution in [2.24, 2.45) is 0 Å². The zero-order valence-corrected chi connectivity index (χ0v) is 56.3. The van der Waals surface area contributed by atoms with E-state index in [9.17, 15) is 14.7 Å². The second kappa shape index (κ2) is 27.6. The van der Waals surface area contributed by atoms with Gasteiger partial charge in [-0.05, 0) is 146 Å². The number of imidazole rings is 2. The third-order valence-electron chi connectivity index (χ3n) is 12.7. The molecule has 0 atom stereocenters. The molecular formula is C54H78Br2N16O6S2Si2. The number of carbonyl (C=O) groups excluding carboxylic acids is 1. The molecule has 8 rings (SSSR count). The van der Waals surface area contributed by atoms with Gasteiger partial charge in [0, 0.05) is 48.0 Å². The second-order valence-corrected chi connectivity index (χ2v) is 38.5. The minimum atomic E-state index is -1.24. The molecule has 0 saturated heterocycles. The minimum Gasteiger partial charge on any atom is -0.465 e. The van der Waals surface area contributed by atoms with Gasteiger partial charge in [-0.3, -0.25) is 0 Å². The maximum atomic E-state index is 12.0. The van der Waals surface area contributed by atoms with Gasteiger partial charge in [-0.15, -0.1) is 0 Å². The quantitative estimate of drug-likeness (QED) is 0.0250. The number of halogens is 2. The Bertz CT molecular complexity index is 3500. The highest BCUT2D eigenvalue weighted by Gasteiger charge is 2.26. The van der Waals surface area contributed by atoms with Crippen LogP contribution in [0.2, 0.25) is 51.4 Å². The van der Waals surface area contributed by atoms with Gasteiger partial charge < -0.3 is 49.3 Å². The van der Waals surface area contributed by atoms with Crippen LogP contribution in [0.4, 0.5) is 21.5 Å². The number of alkyl carbamates (subject to hydrolysis) is 1. The van der Waals surface area contributed by atoms with E-state index >= 15 is 0 Å². The maximum Gasteiger partial charge on any atom is 0.407 e. The number of aromatic nitrogens is 12. The number of rotatable bonds is 24. The van der Waals surface area contributed by atoms with Crippen LogP contribution in [0.3, 0.4) is 0 Å². The highest BCUT2D eigenvalue weighted by molar-refractivity contribution is 9.11. The molecule has 0 aliphatic carbocycles. The van der Waals surface area contributed by atoms with Crippen molar-refractivity contribution >= 4 is 129 Å². The number of hydrogen-bond acceptors (Lipinski definition) is 17. The Morgan fingerprint density at radius 2 is 1.17 bits per heavy atom. The van der Waals surface area contributed by atoms with E-state index in [0.717, 1.165) is 65.9 Å². The van der Waals surface area contributed by atoms with Crippen LogP contribution in [-0.2, 0) is 53.6 Å². The van der Waals surface area contributed by atoms with E-state index in [2.05, 4.69) is 151 Å². The normalized spacial score (nSPS) is 12.3. The molecule has 444 valence electrons.